The van der Waals surface area contributed by atoms with Gasteiger partial charge in [0, 0.05) is 0 Å². The second-order valence-corrected chi connectivity index (χ2v) is 4.48. The smallest absolute Gasteiger partial charge is 0.0757 e. The van der Waals surface area contributed by atoms with E-state index in [1.807, 2.05) is 6.92 Å². The molecule has 0 radical (unpaired) electrons. The van der Waals surface area contributed by atoms with Gasteiger partial charge in [0.15, 0.2) is 0 Å². The molecule has 1 N–H and O–H groups in total. The summed E-state index contributed by atoms with van der Waals surface area (Å²) in [7, 11) is 0. The number of fused-ring (bicyclic) bond motifs is 1. The highest BCUT2D eigenvalue weighted by molar-refractivity contribution is 5.24. The molecule has 0 unspecified atom stereocenters. The number of aliphatic hydroxyl groups is 1. The lowest BCUT2D eigenvalue weighted by Crippen LogP contribution is -2.53. The van der Waals surface area contributed by atoms with Gasteiger partial charge in [-0.05, 0) is 30.6 Å². The minimum atomic E-state index is -1.30. The number of allylic oxidation sites excluding steroid dienone is 1. The van der Waals surface area contributed by atoms with E-state index in [-0.39, 0.29) is 11.3 Å². The molecule has 0 amide bonds. The second-order valence-electron chi connectivity index (χ2n) is 4.48. The molecule has 2 bridgehead atoms. The van der Waals surface area contributed by atoms with Gasteiger partial charge in [-0.3, -0.25) is 0 Å². The standard InChI is InChI=1S/C10H16O/c1-6-4-9(11)8-5-7(6)10(8,2)3/h4,7-9,11H,5H2,1-3H3/t7-,8+,9-/m1/s1/i9D. The van der Waals surface area contributed by atoms with Gasteiger partial charge in [-0.25, -0.2) is 0 Å². The SMILES string of the molecule is [2H][C@@]1(O)C=C(C)[C@H]2C[C@@H]1C2(C)C. The fraction of sp³-hybridized carbons (Fsp3) is 0.800. The van der Waals surface area contributed by atoms with E-state index in [9.17, 15) is 5.11 Å². The molecule has 1 heteroatoms. The number of hydrogen-bond donors (Lipinski definition) is 1. The highest BCUT2D eigenvalue weighted by Gasteiger charge is 2.53. The van der Waals surface area contributed by atoms with Gasteiger partial charge in [0.1, 0.15) is 0 Å². The summed E-state index contributed by atoms with van der Waals surface area (Å²) in [5.74, 6) is 0.742. The lowest BCUT2D eigenvalue weighted by atomic mass is 9.48. The predicted molar refractivity (Wildman–Crippen MR) is 45.1 cm³/mol. The Morgan fingerprint density at radius 2 is 2.36 bits per heavy atom. The molecule has 62 valence electrons. The minimum Gasteiger partial charge on any atom is -0.389 e. The third-order valence-electron chi connectivity index (χ3n) is 3.55. The van der Waals surface area contributed by atoms with Gasteiger partial charge in [-0.1, -0.05) is 25.5 Å². The average Bonchev–Trinajstić information content (AvgIpc) is 1.81. The van der Waals surface area contributed by atoms with Crippen molar-refractivity contribution in [2.45, 2.75) is 33.3 Å². The minimum absolute atomic E-state index is 0.134. The third-order valence-corrected chi connectivity index (χ3v) is 3.55. The van der Waals surface area contributed by atoms with E-state index >= 15 is 0 Å². The molecule has 0 aliphatic heterocycles. The molecule has 3 aliphatic carbocycles. The molecular weight excluding hydrogens is 136 g/mol. The summed E-state index contributed by atoms with van der Waals surface area (Å²) in [6, 6.07) is 0. The molecule has 1 saturated carbocycles. The van der Waals surface area contributed by atoms with Crippen molar-refractivity contribution in [3.8, 4) is 0 Å². The van der Waals surface area contributed by atoms with Gasteiger partial charge >= 0.3 is 0 Å². The lowest BCUT2D eigenvalue weighted by molar-refractivity contribution is -0.0760. The van der Waals surface area contributed by atoms with E-state index in [2.05, 4.69) is 13.8 Å². The Kier molecular flexibility index (Phi) is 1.07. The van der Waals surface area contributed by atoms with Crippen LogP contribution < -0.4 is 0 Å². The molecule has 1 fully saturated rings. The van der Waals surface area contributed by atoms with Gasteiger partial charge in [-0.2, -0.15) is 0 Å². The van der Waals surface area contributed by atoms with Crippen molar-refractivity contribution in [1.82, 2.24) is 0 Å². The van der Waals surface area contributed by atoms with E-state index < -0.39 is 6.08 Å². The van der Waals surface area contributed by atoms with Crippen LogP contribution in [0.1, 0.15) is 28.6 Å². The summed E-state index contributed by atoms with van der Waals surface area (Å²) in [6.07, 6.45) is 1.41. The molecule has 0 saturated heterocycles. The summed E-state index contributed by atoms with van der Waals surface area (Å²) < 4.78 is 7.74. The number of rotatable bonds is 0. The van der Waals surface area contributed by atoms with Crippen molar-refractivity contribution in [1.29, 1.82) is 0 Å². The van der Waals surface area contributed by atoms with Crippen molar-refractivity contribution in [2.24, 2.45) is 17.3 Å². The van der Waals surface area contributed by atoms with Crippen LogP contribution in [0.2, 0.25) is 0 Å². The molecule has 0 aromatic rings. The van der Waals surface area contributed by atoms with Crippen LogP contribution >= 0.6 is 0 Å². The van der Waals surface area contributed by atoms with Gasteiger partial charge in [0.25, 0.3) is 0 Å². The third kappa shape index (κ3) is 0.750. The molecule has 0 heterocycles. The maximum atomic E-state index is 9.78. The molecule has 3 rings (SSSR count). The van der Waals surface area contributed by atoms with Crippen LogP contribution in [0.5, 0.6) is 0 Å². The van der Waals surface area contributed by atoms with Crippen LogP contribution in [0.4, 0.5) is 0 Å². The summed E-state index contributed by atoms with van der Waals surface area (Å²) in [5, 5.41) is 9.78. The zero-order valence-electron chi connectivity index (χ0n) is 8.39. The summed E-state index contributed by atoms with van der Waals surface area (Å²) in [6.45, 7) is 6.34. The van der Waals surface area contributed by atoms with E-state index in [0.29, 0.717) is 5.92 Å². The van der Waals surface area contributed by atoms with E-state index in [0.717, 1.165) is 6.42 Å². The quantitative estimate of drug-likeness (QED) is 0.527. The zero-order chi connectivity index (χ0) is 9.15. The maximum absolute atomic E-state index is 9.78. The Hall–Kier alpha value is -0.300. The lowest BCUT2D eigenvalue weighted by Gasteiger charge is -2.57. The van der Waals surface area contributed by atoms with Crippen LogP contribution in [0.3, 0.4) is 0 Å². The predicted octanol–water partition coefficient (Wildman–Crippen LogP) is 1.97. The normalized spacial score (nSPS) is 54.2. The molecule has 3 atom stereocenters. The first-order valence-electron chi connectivity index (χ1n) is 4.77. The van der Waals surface area contributed by atoms with E-state index in [4.69, 9.17) is 1.37 Å². The zero-order valence-corrected chi connectivity index (χ0v) is 7.39. The van der Waals surface area contributed by atoms with E-state index in [1.54, 1.807) is 6.08 Å². The van der Waals surface area contributed by atoms with Crippen molar-refractivity contribution in [2.75, 3.05) is 0 Å². The molecule has 1 nitrogen and oxygen atoms in total. The molecular formula is C10H16O. The van der Waals surface area contributed by atoms with Gasteiger partial charge in [-0.15, -0.1) is 0 Å². The van der Waals surface area contributed by atoms with Crippen molar-refractivity contribution >= 4 is 0 Å². The van der Waals surface area contributed by atoms with Crippen LogP contribution in [0.15, 0.2) is 11.6 Å². The van der Waals surface area contributed by atoms with E-state index in [1.165, 1.54) is 5.57 Å². The van der Waals surface area contributed by atoms with Crippen LogP contribution in [-0.4, -0.2) is 11.2 Å². The average molecular weight is 153 g/mol. The Labute approximate surface area is 69.5 Å². The second kappa shape index (κ2) is 1.89. The highest BCUT2D eigenvalue weighted by atomic mass is 16.3. The van der Waals surface area contributed by atoms with Gasteiger partial charge < -0.3 is 5.11 Å². The maximum Gasteiger partial charge on any atom is 0.0757 e. The fourth-order valence-electron chi connectivity index (χ4n) is 2.63. The molecule has 0 spiro atoms. The first-order chi connectivity index (χ1) is 5.36. The molecule has 0 aromatic heterocycles. The Balaban J connectivity index is 2.43. The first-order valence-corrected chi connectivity index (χ1v) is 4.27. The van der Waals surface area contributed by atoms with Crippen LogP contribution in [0, 0.1) is 17.3 Å². The van der Waals surface area contributed by atoms with Crippen LogP contribution in [0.25, 0.3) is 0 Å². The van der Waals surface area contributed by atoms with Gasteiger partial charge in [0.2, 0.25) is 0 Å². The van der Waals surface area contributed by atoms with Crippen molar-refractivity contribution < 1.29 is 6.48 Å². The van der Waals surface area contributed by atoms with Crippen molar-refractivity contribution in [3.63, 3.8) is 0 Å². The number of hydrogen-bond acceptors (Lipinski definition) is 1. The Bertz CT molecular complexity index is 253. The topological polar surface area (TPSA) is 20.2 Å². The van der Waals surface area contributed by atoms with Gasteiger partial charge in [0.05, 0.1) is 7.45 Å². The Morgan fingerprint density at radius 3 is 2.73 bits per heavy atom. The summed E-state index contributed by atoms with van der Waals surface area (Å²) in [4.78, 5) is 0. The fourth-order valence-corrected chi connectivity index (χ4v) is 2.63. The van der Waals surface area contributed by atoms with Crippen molar-refractivity contribution in [3.05, 3.63) is 11.6 Å². The molecule has 11 heavy (non-hydrogen) atoms. The first kappa shape index (κ1) is 6.24. The largest absolute Gasteiger partial charge is 0.389 e. The monoisotopic (exact) mass is 153 g/mol. The molecule has 0 aromatic carbocycles. The van der Waals surface area contributed by atoms with Crippen LogP contribution in [-0.2, 0) is 0 Å². The molecule has 3 aliphatic rings. The summed E-state index contributed by atoms with van der Waals surface area (Å²) in [5.41, 5.74) is 1.33. The highest BCUT2D eigenvalue weighted by Crippen LogP contribution is 2.58. The Morgan fingerprint density at radius 1 is 1.73 bits per heavy atom. The summed E-state index contributed by atoms with van der Waals surface area (Å²) >= 11 is 0.